The molecule has 0 fully saturated rings. The van der Waals surface area contributed by atoms with Crippen molar-refractivity contribution in [3.05, 3.63) is 70.7 Å². The zero-order valence-corrected chi connectivity index (χ0v) is 15.7. The van der Waals surface area contributed by atoms with E-state index in [2.05, 4.69) is 24.2 Å². The van der Waals surface area contributed by atoms with E-state index in [0.29, 0.717) is 11.2 Å². The number of nitrogens with zero attached hydrogens (tertiary/aromatic N) is 5. The highest BCUT2D eigenvalue weighted by Crippen LogP contribution is 2.30. The molecule has 0 unspecified atom stereocenters. The van der Waals surface area contributed by atoms with Gasteiger partial charge in [0.2, 0.25) is 0 Å². The number of halogens is 1. The Morgan fingerprint density at radius 3 is 2.43 bits per heavy atom. The van der Waals surface area contributed by atoms with Gasteiger partial charge in [-0.05, 0) is 74.4 Å². The van der Waals surface area contributed by atoms with E-state index in [1.54, 1.807) is 16.8 Å². The number of aromatic nitrogens is 4. The zero-order chi connectivity index (χ0) is 19.6. The van der Waals surface area contributed by atoms with Crippen LogP contribution in [0.2, 0.25) is 0 Å². The van der Waals surface area contributed by atoms with E-state index >= 15 is 0 Å². The van der Waals surface area contributed by atoms with Crippen LogP contribution in [0.25, 0.3) is 33.4 Å². The molecule has 2 aromatic carbocycles. The van der Waals surface area contributed by atoms with Gasteiger partial charge in [0.25, 0.3) is 0 Å². The number of hydrogen-bond donors (Lipinski definition) is 0. The van der Waals surface area contributed by atoms with Crippen molar-refractivity contribution in [1.82, 2.24) is 19.2 Å². The van der Waals surface area contributed by atoms with Crippen LogP contribution < -0.4 is 0 Å². The van der Waals surface area contributed by atoms with Crippen molar-refractivity contribution in [1.29, 1.82) is 5.26 Å². The van der Waals surface area contributed by atoms with Crippen LogP contribution in [-0.2, 0) is 0 Å². The summed E-state index contributed by atoms with van der Waals surface area (Å²) in [7, 11) is 0. The Morgan fingerprint density at radius 1 is 1.00 bits per heavy atom. The van der Waals surface area contributed by atoms with Crippen LogP contribution in [0.4, 0.5) is 4.39 Å². The minimum absolute atomic E-state index is 0.298. The van der Waals surface area contributed by atoms with Gasteiger partial charge in [-0.2, -0.15) is 10.4 Å². The molecule has 5 rings (SSSR count). The van der Waals surface area contributed by atoms with Gasteiger partial charge < -0.3 is 0 Å². The smallest absolute Gasteiger partial charge is 0.157 e. The summed E-state index contributed by atoms with van der Waals surface area (Å²) >= 11 is 0. The predicted molar refractivity (Wildman–Crippen MR) is 106 cm³/mol. The molecule has 5 aromatic rings. The molecule has 0 saturated carbocycles. The lowest BCUT2D eigenvalue weighted by molar-refractivity contribution is 0.627. The summed E-state index contributed by atoms with van der Waals surface area (Å²) in [5, 5.41) is 15.2. The van der Waals surface area contributed by atoms with Gasteiger partial charge in [-0.3, -0.25) is 4.40 Å². The summed E-state index contributed by atoms with van der Waals surface area (Å²) in [5.41, 5.74) is 7.49. The zero-order valence-electron chi connectivity index (χ0n) is 15.7. The average molecular weight is 369 g/mol. The van der Waals surface area contributed by atoms with Gasteiger partial charge in [0.15, 0.2) is 5.65 Å². The molecule has 0 spiro atoms. The molecule has 3 aromatic heterocycles. The van der Waals surface area contributed by atoms with E-state index < -0.39 is 0 Å². The van der Waals surface area contributed by atoms with Crippen LogP contribution in [0.3, 0.4) is 0 Å². The second-order valence-electron chi connectivity index (χ2n) is 7.08. The number of nitriles is 1. The third-order valence-electron chi connectivity index (χ3n) is 5.28. The number of hydrogen-bond acceptors (Lipinski definition) is 3. The Balaban J connectivity index is 2.03. The van der Waals surface area contributed by atoms with Gasteiger partial charge in [-0.25, -0.2) is 14.1 Å². The van der Waals surface area contributed by atoms with Gasteiger partial charge >= 0.3 is 0 Å². The van der Waals surface area contributed by atoms with Crippen molar-refractivity contribution < 1.29 is 4.39 Å². The minimum atomic E-state index is -0.298. The third-order valence-corrected chi connectivity index (χ3v) is 5.28. The first-order valence-electron chi connectivity index (χ1n) is 8.95. The molecule has 3 heterocycles. The highest BCUT2D eigenvalue weighted by atomic mass is 19.1. The van der Waals surface area contributed by atoms with Crippen molar-refractivity contribution in [2.24, 2.45) is 0 Å². The van der Waals surface area contributed by atoms with Crippen molar-refractivity contribution in [3.8, 4) is 11.8 Å². The summed E-state index contributed by atoms with van der Waals surface area (Å²) in [5.74, 6) is -0.298. The molecule has 0 bridgehead atoms. The third kappa shape index (κ3) is 2.16. The molecule has 0 aliphatic carbocycles. The molecule has 6 heteroatoms. The highest BCUT2D eigenvalue weighted by Gasteiger charge is 2.19. The number of imidazole rings is 1. The summed E-state index contributed by atoms with van der Waals surface area (Å²) in [6.07, 6.45) is 0. The van der Waals surface area contributed by atoms with Gasteiger partial charge in [0.1, 0.15) is 17.5 Å². The fraction of sp³-hybridized carbons (Fsp3) is 0.136. The fourth-order valence-electron chi connectivity index (χ4n) is 3.69. The molecule has 0 aliphatic heterocycles. The van der Waals surface area contributed by atoms with Crippen LogP contribution in [0, 0.1) is 37.9 Å². The normalized spacial score (nSPS) is 11.5. The number of rotatable bonds is 1. The van der Waals surface area contributed by atoms with Crippen LogP contribution in [0.1, 0.15) is 22.4 Å². The van der Waals surface area contributed by atoms with E-state index in [-0.39, 0.29) is 5.82 Å². The number of fused-ring (bicyclic) bond motifs is 5. The summed E-state index contributed by atoms with van der Waals surface area (Å²) < 4.78 is 17.2. The molecule has 0 N–H and O–H groups in total. The van der Waals surface area contributed by atoms with Gasteiger partial charge in [-0.15, -0.1) is 0 Å². The van der Waals surface area contributed by atoms with Crippen molar-refractivity contribution >= 4 is 27.7 Å². The Hall–Kier alpha value is -3.72. The Labute approximate surface area is 160 Å². The molecule has 5 nitrogen and oxygen atoms in total. The maximum atomic E-state index is 13.4. The van der Waals surface area contributed by atoms with E-state index in [1.807, 2.05) is 30.4 Å². The van der Waals surface area contributed by atoms with Crippen molar-refractivity contribution in [2.75, 3.05) is 0 Å². The summed E-state index contributed by atoms with van der Waals surface area (Å²) in [6, 6.07) is 14.4. The first-order valence-corrected chi connectivity index (χ1v) is 8.95. The molecule has 0 aliphatic rings. The van der Waals surface area contributed by atoms with Gasteiger partial charge in [0.05, 0.1) is 28.0 Å². The van der Waals surface area contributed by atoms with E-state index in [4.69, 9.17) is 4.98 Å². The van der Waals surface area contributed by atoms with Crippen molar-refractivity contribution in [3.63, 3.8) is 0 Å². The molecule has 136 valence electrons. The van der Waals surface area contributed by atoms with E-state index in [1.165, 1.54) is 12.1 Å². The van der Waals surface area contributed by atoms with Crippen LogP contribution in [-0.4, -0.2) is 19.2 Å². The van der Waals surface area contributed by atoms with E-state index in [0.717, 1.165) is 44.6 Å². The molecule has 0 atom stereocenters. The quantitative estimate of drug-likeness (QED) is 0.428. The standard InChI is InChI=1S/C22H16FN5/c1-12-8-19-20(9-13(12)2)27-21(25-19)15(11-24)10-18-14(3)26-28(22(18)27)17-6-4-16(23)5-7-17/h4-10H,1-3H3. The number of aryl methyl sites for hydroxylation is 3. The second kappa shape index (κ2) is 5.64. The Morgan fingerprint density at radius 2 is 1.71 bits per heavy atom. The maximum Gasteiger partial charge on any atom is 0.157 e. The molecule has 0 saturated heterocycles. The monoisotopic (exact) mass is 369 g/mol. The average Bonchev–Trinajstić information content (AvgIpc) is 3.20. The second-order valence-corrected chi connectivity index (χ2v) is 7.08. The van der Waals surface area contributed by atoms with E-state index in [9.17, 15) is 9.65 Å². The molecule has 0 amide bonds. The first kappa shape index (κ1) is 16.5. The largest absolute Gasteiger partial charge is 0.275 e. The molecule has 0 radical (unpaired) electrons. The van der Waals surface area contributed by atoms with Crippen LogP contribution in [0.15, 0.2) is 42.5 Å². The maximum absolute atomic E-state index is 13.4. The minimum Gasteiger partial charge on any atom is -0.275 e. The molecular weight excluding hydrogens is 353 g/mol. The SMILES string of the molecule is Cc1cc2nc3c(C#N)cc4c(C)nn(-c5ccc(F)cc5)c4n3c2cc1C. The number of benzene rings is 2. The lowest BCUT2D eigenvalue weighted by atomic mass is 10.1. The van der Waals surface area contributed by atoms with Crippen LogP contribution in [0.5, 0.6) is 0 Å². The summed E-state index contributed by atoms with van der Waals surface area (Å²) in [6.45, 7) is 6.01. The molecular formula is C22H16FN5. The van der Waals surface area contributed by atoms with Crippen molar-refractivity contribution in [2.45, 2.75) is 20.8 Å². The van der Waals surface area contributed by atoms with Gasteiger partial charge in [-0.1, -0.05) is 0 Å². The Bertz CT molecular complexity index is 1450. The highest BCUT2D eigenvalue weighted by molar-refractivity contribution is 5.93. The van der Waals surface area contributed by atoms with Crippen LogP contribution >= 0.6 is 0 Å². The lowest BCUT2D eigenvalue weighted by Gasteiger charge is -2.08. The Kier molecular flexibility index (Phi) is 3.31. The molecule has 28 heavy (non-hydrogen) atoms. The first-order chi connectivity index (χ1) is 13.5. The summed E-state index contributed by atoms with van der Waals surface area (Å²) in [4.78, 5) is 4.74. The predicted octanol–water partition coefficient (Wildman–Crippen LogP) is 4.76. The van der Waals surface area contributed by atoms with Gasteiger partial charge in [0, 0.05) is 5.39 Å². The topological polar surface area (TPSA) is 58.9 Å². The number of pyridine rings is 1. The fourth-order valence-corrected chi connectivity index (χ4v) is 3.69. The lowest BCUT2D eigenvalue weighted by Crippen LogP contribution is -2.02.